The van der Waals surface area contributed by atoms with Crippen LogP contribution in [-0.4, -0.2) is 38.0 Å². The molecule has 2 aromatic rings. The number of piperidine rings is 1. The van der Waals surface area contributed by atoms with Crippen LogP contribution in [0.4, 0.5) is 0 Å². The van der Waals surface area contributed by atoms with E-state index in [1.165, 1.54) is 6.20 Å². The van der Waals surface area contributed by atoms with Gasteiger partial charge in [0.25, 0.3) is 0 Å². The first-order chi connectivity index (χ1) is 10.4. The smallest absolute Gasteiger partial charge is 0.242 e. The lowest BCUT2D eigenvalue weighted by atomic mass is 9.81. The average molecular weight is 379 g/mol. The number of fused-ring (bicyclic) bond motifs is 1. The van der Waals surface area contributed by atoms with Crippen LogP contribution in [0.5, 0.6) is 0 Å². The number of aromatic nitrogens is 2. The number of aromatic amines is 1. The molecular formula is C14H20Cl2N4O2S. The second kappa shape index (κ2) is 6.94. The number of rotatable bonds is 4. The molecule has 0 unspecified atom stereocenters. The van der Waals surface area contributed by atoms with Crippen molar-refractivity contribution >= 4 is 45.1 Å². The number of nitrogens with zero attached hydrogens (tertiary/aromatic N) is 1. The molecule has 3 heterocycles. The van der Waals surface area contributed by atoms with Gasteiger partial charge in [0.1, 0.15) is 10.5 Å². The third-order valence-corrected chi connectivity index (χ3v) is 6.02. The summed E-state index contributed by atoms with van der Waals surface area (Å²) < 4.78 is 28.0. The van der Waals surface area contributed by atoms with E-state index in [1.807, 2.05) is 0 Å². The van der Waals surface area contributed by atoms with E-state index in [2.05, 4.69) is 26.9 Å². The first kappa shape index (κ1) is 18.5. The van der Waals surface area contributed by atoms with Gasteiger partial charge >= 0.3 is 0 Å². The molecule has 128 valence electrons. The molecule has 0 radical (unpaired) electrons. The van der Waals surface area contributed by atoms with Gasteiger partial charge in [-0.1, -0.05) is 18.5 Å². The predicted octanol–water partition coefficient (Wildman–Crippen LogP) is 2.31. The molecule has 0 aliphatic carbocycles. The van der Waals surface area contributed by atoms with Crippen molar-refractivity contribution in [2.45, 2.75) is 24.7 Å². The van der Waals surface area contributed by atoms with Gasteiger partial charge in [-0.25, -0.2) is 18.1 Å². The van der Waals surface area contributed by atoms with Crippen molar-refractivity contribution in [1.82, 2.24) is 20.0 Å². The minimum absolute atomic E-state index is 0. The van der Waals surface area contributed by atoms with Gasteiger partial charge < -0.3 is 10.3 Å². The van der Waals surface area contributed by atoms with Crippen molar-refractivity contribution in [3.63, 3.8) is 0 Å². The number of hydrogen-bond donors (Lipinski definition) is 3. The zero-order valence-electron chi connectivity index (χ0n) is 12.7. The van der Waals surface area contributed by atoms with Crippen LogP contribution < -0.4 is 10.0 Å². The molecule has 1 saturated heterocycles. The van der Waals surface area contributed by atoms with Crippen LogP contribution in [0.15, 0.2) is 23.4 Å². The van der Waals surface area contributed by atoms with E-state index < -0.39 is 10.0 Å². The van der Waals surface area contributed by atoms with Crippen LogP contribution in [0.25, 0.3) is 11.0 Å². The largest absolute Gasteiger partial charge is 0.345 e. The van der Waals surface area contributed by atoms with Crippen molar-refractivity contribution in [3.8, 4) is 0 Å². The fourth-order valence-electron chi connectivity index (χ4n) is 2.75. The van der Waals surface area contributed by atoms with Crippen LogP contribution in [0.1, 0.15) is 19.8 Å². The Morgan fingerprint density at radius 3 is 2.78 bits per heavy atom. The molecule has 0 atom stereocenters. The third kappa shape index (κ3) is 3.80. The molecule has 1 aliphatic rings. The Balaban J connectivity index is 0.00000192. The van der Waals surface area contributed by atoms with E-state index in [4.69, 9.17) is 11.6 Å². The number of hydrogen-bond acceptors (Lipinski definition) is 4. The summed E-state index contributed by atoms with van der Waals surface area (Å²) in [4.78, 5) is 7.11. The minimum Gasteiger partial charge on any atom is -0.345 e. The quantitative estimate of drug-likeness (QED) is 0.761. The highest BCUT2D eigenvalue weighted by Gasteiger charge is 2.30. The maximum absolute atomic E-state index is 12.6. The van der Waals surface area contributed by atoms with Gasteiger partial charge in [-0.15, -0.1) is 12.4 Å². The van der Waals surface area contributed by atoms with Crippen molar-refractivity contribution < 1.29 is 8.42 Å². The Hall–Kier alpha value is -0.860. The molecule has 2 aromatic heterocycles. The van der Waals surface area contributed by atoms with Crippen molar-refractivity contribution in [3.05, 3.63) is 23.5 Å². The second-order valence-electron chi connectivity index (χ2n) is 6.05. The SMILES string of the molecule is CC1(CNS(=O)(=O)c2c[nH]c3nccc(Cl)c23)CCNCC1.Cl. The van der Waals surface area contributed by atoms with E-state index in [9.17, 15) is 8.42 Å². The van der Waals surface area contributed by atoms with E-state index in [-0.39, 0.29) is 22.7 Å². The fourth-order valence-corrected chi connectivity index (χ4v) is 4.44. The lowest BCUT2D eigenvalue weighted by molar-refractivity contribution is 0.232. The lowest BCUT2D eigenvalue weighted by Gasteiger charge is -2.34. The maximum Gasteiger partial charge on any atom is 0.242 e. The minimum atomic E-state index is -3.63. The molecule has 0 bridgehead atoms. The molecule has 3 rings (SSSR count). The first-order valence-electron chi connectivity index (χ1n) is 7.23. The van der Waals surface area contributed by atoms with Crippen LogP contribution in [-0.2, 0) is 10.0 Å². The second-order valence-corrected chi connectivity index (χ2v) is 8.20. The Bertz CT molecular complexity index is 785. The highest BCUT2D eigenvalue weighted by molar-refractivity contribution is 7.89. The number of sulfonamides is 1. The van der Waals surface area contributed by atoms with Gasteiger partial charge in [-0.3, -0.25) is 0 Å². The fraction of sp³-hybridized carbons (Fsp3) is 0.500. The number of halogens is 2. The molecule has 1 fully saturated rings. The van der Waals surface area contributed by atoms with E-state index in [0.29, 0.717) is 22.6 Å². The highest BCUT2D eigenvalue weighted by Crippen LogP contribution is 2.30. The van der Waals surface area contributed by atoms with Gasteiger partial charge in [-0.05, 0) is 37.4 Å². The predicted molar refractivity (Wildman–Crippen MR) is 93.8 cm³/mol. The van der Waals surface area contributed by atoms with Crippen LogP contribution in [0.2, 0.25) is 5.02 Å². The molecule has 23 heavy (non-hydrogen) atoms. The molecule has 9 heteroatoms. The summed E-state index contributed by atoms with van der Waals surface area (Å²) in [5.41, 5.74) is 0.452. The van der Waals surface area contributed by atoms with Crippen LogP contribution in [0, 0.1) is 5.41 Å². The highest BCUT2D eigenvalue weighted by atomic mass is 35.5. The summed E-state index contributed by atoms with van der Waals surface area (Å²) in [7, 11) is -3.63. The van der Waals surface area contributed by atoms with Gasteiger partial charge in [-0.2, -0.15) is 0 Å². The topological polar surface area (TPSA) is 86.9 Å². The van der Waals surface area contributed by atoms with Gasteiger partial charge in [0.2, 0.25) is 10.0 Å². The maximum atomic E-state index is 12.6. The number of pyridine rings is 1. The average Bonchev–Trinajstić information content (AvgIpc) is 2.93. The van der Waals surface area contributed by atoms with Crippen molar-refractivity contribution in [2.24, 2.45) is 5.41 Å². The summed E-state index contributed by atoms with van der Waals surface area (Å²) in [6.07, 6.45) is 4.88. The Morgan fingerprint density at radius 1 is 1.39 bits per heavy atom. The number of nitrogens with one attached hydrogen (secondary N) is 3. The summed E-state index contributed by atoms with van der Waals surface area (Å²) >= 11 is 6.13. The van der Waals surface area contributed by atoms with E-state index in [1.54, 1.807) is 12.3 Å². The number of H-pyrrole nitrogens is 1. The Labute approximate surface area is 146 Å². The van der Waals surface area contributed by atoms with Crippen molar-refractivity contribution in [1.29, 1.82) is 0 Å². The van der Waals surface area contributed by atoms with E-state index in [0.717, 1.165) is 25.9 Å². The molecule has 6 nitrogen and oxygen atoms in total. The molecule has 0 amide bonds. The van der Waals surface area contributed by atoms with Crippen LogP contribution >= 0.6 is 24.0 Å². The lowest BCUT2D eigenvalue weighted by Crippen LogP contribution is -2.42. The molecule has 0 aromatic carbocycles. The molecular weight excluding hydrogens is 359 g/mol. The first-order valence-corrected chi connectivity index (χ1v) is 9.09. The summed E-state index contributed by atoms with van der Waals surface area (Å²) in [6.45, 7) is 4.36. The van der Waals surface area contributed by atoms with Gasteiger partial charge in [0.15, 0.2) is 0 Å². The summed E-state index contributed by atoms with van der Waals surface area (Å²) in [5, 5.41) is 4.10. The van der Waals surface area contributed by atoms with Gasteiger partial charge in [0, 0.05) is 18.9 Å². The van der Waals surface area contributed by atoms with Crippen LogP contribution in [0.3, 0.4) is 0 Å². The normalized spacial score (nSPS) is 17.8. The molecule has 0 spiro atoms. The summed E-state index contributed by atoms with van der Waals surface area (Å²) in [5.74, 6) is 0. The zero-order valence-corrected chi connectivity index (χ0v) is 15.1. The zero-order chi connectivity index (χ0) is 15.8. The summed E-state index contributed by atoms with van der Waals surface area (Å²) in [6, 6.07) is 1.59. The third-order valence-electron chi connectivity index (χ3n) is 4.28. The van der Waals surface area contributed by atoms with Crippen molar-refractivity contribution in [2.75, 3.05) is 19.6 Å². The standard InChI is InChI=1S/C14H19ClN4O2S.ClH/c1-14(3-6-16-7-4-14)9-19-22(20,21)11-8-18-13-12(11)10(15)2-5-17-13;/h2,5,8,16,19H,3-4,6-7,9H2,1H3,(H,17,18);1H. The monoisotopic (exact) mass is 378 g/mol. The Morgan fingerprint density at radius 2 is 2.09 bits per heavy atom. The molecule has 0 saturated carbocycles. The molecule has 1 aliphatic heterocycles. The Kier molecular flexibility index (Phi) is 5.58. The molecule has 3 N–H and O–H groups in total. The van der Waals surface area contributed by atoms with E-state index >= 15 is 0 Å². The van der Waals surface area contributed by atoms with Gasteiger partial charge in [0.05, 0.1) is 10.4 Å².